The van der Waals surface area contributed by atoms with Crippen molar-refractivity contribution in [1.82, 2.24) is 19.1 Å². The molecule has 0 radical (unpaired) electrons. The number of aromatic amines is 1. The number of carbonyl (C=O) groups excluding carboxylic acids is 1. The summed E-state index contributed by atoms with van der Waals surface area (Å²) in [6.45, 7) is -0.0827. The van der Waals surface area contributed by atoms with Crippen molar-refractivity contribution in [2.75, 3.05) is 49.7 Å². The highest BCUT2D eigenvalue weighted by Gasteiger charge is 2.43. The SMILES string of the molecule is COc1ccc(C(SC[C@H]2C[C@H](n3ccc(NC(=O)c4ccccc4)nc3=O)O[C@@H]2CCSC[C@H]2C[C@H](n3ccc(=O)[nH]c3=O)O[C@@H]2CCOS(C)(=O)=O)(c2ccccc2)c2ccc(OC)cc2)cc1. The third-order valence-corrected chi connectivity index (χ3v) is 16.1. The zero-order valence-corrected chi connectivity index (χ0v) is 41.3. The molecule has 2 aliphatic heterocycles. The number of nitrogens with one attached hydrogen (secondary N) is 2. The van der Waals surface area contributed by atoms with Gasteiger partial charge >= 0.3 is 11.4 Å². The minimum Gasteiger partial charge on any atom is -0.497 e. The van der Waals surface area contributed by atoms with Crippen molar-refractivity contribution in [2.24, 2.45) is 11.8 Å². The maximum atomic E-state index is 13.8. The maximum absolute atomic E-state index is 13.8. The van der Waals surface area contributed by atoms with Gasteiger partial charge in [-0.1, -0.05) is 72.8 Å². The van der Waals surface area contributed by atoms with E-state index in [4.69, 9.17) is 23.1 Å². The first kappa shape index (κ1) is 50.4. The van der Waals surface area contributed by atoms with E-state index in [0.29, 0.717) is 42.1 Å². The second kappa shape index (κ2) is 22.9. The van der Waals surface area contributed by atoms with Gasteiger partial charge in [-0.2, -0.15) is 25.2 Å². The third kappa shape index (κ3) is 12.1. The first-order valence-corrected chi connectivity index (χ1v) is 26.8. The summed E-state index contributed by atoms with van der Waals surface area (Å²) in [6.07, 6.45) is 3.86. The molecule has 4 heterocycles. The molecular formula is C51H55N5O11S3. The summed E-state index contributed by atoms with van der Waals surface area (Å²) in [4.78, 5) is 57.8. The predicted octanol–water partition coefficient (Wildman–Crippen LogP) is 7.09. The number of amides is 1. The molecule has 368 valence electrons. The second-order valence-electron chi connectivity index (χ2n) is 17.1. The number of anilines is 1. The predicted molar refractivity (Wildman–Crippen MR) is 270 cm³/mol. The lowest BCUT2D eigenvalue weighted by atomic mass is 9.84. The fraction of sp³-hybridized carbons (Fsp3) is 0.353. The lowest BCUT2D eigenvalue weighted by Gasteiger charge is -2.37. The smallest absolute Gasteiger partial charge is 0.351 e. The molecule has 6 atom stereocenters. The summed E-state index contributed by atoms with van der Waals surface area (Å²) in [7, 11) is -0.391. The Kier molecular flexibility index (Phi) is 16.5. The number of hydrogen-bond acceptors (Lipinski definition) is 14. The molecule has 1 amide bonds. The molecule has 2 saturated heterocycles. The Bertz CT molecular complexity index is 2940. The van der Waals surface area contributed by atoms with Crippen molar-refractivity contribution in [3.05, 3.63) is 187 Å². The van der Waals surface area contributed by atoms with Gasteiger partial charge in [0.05, 0.1) is 44.0 Å². The molecule has 2 fully saturated rings. The second-order valence-corrected chi connectivity index (χ2v) is 21.1. The molecule has 0 unspecified atom stereocenters. The van der Waals surface area contributed by atoms with E-state index in [2.05, 4.69) is 51.7 Å². The van der Waals surface area contributed by atoms with Crippen molar-refractivity contribution >= 4 is 45.4 Å². The summed E-state index contributed by atoms with van der Waals surface area (Å²) in [6, 6.07) is 38.2. The maximum Gasteiger partial charge on any atom is 0.351 e. The van der Waals surface area contributed by atoms with Crippen molar-refractivity contribution in [3.63, 3.8) is 0 Å². The molecule has 0 aliphatic carbocycles. The Morgan fingerprint density at radius 2 is 1.30 bits per heavy atom. The van der Waals surface area contributed by atoms with Gasteiger partial charge in [-0.15, -0.1) is 11.8 Å². The molecule has 70 heavy (non-hydrogen) atoms. The number of nitrogens with zero attached hydrogens (tertiary/aromatic N) is 3. The lowest BCUT2D eigenvalue weighted by Crippen LogP contribution is -2.31. The van der Waals surface area contributed by atoms with Crippen LogP contribution in [-0.4, -0.2) is 90.0 Å². The number of benzene rings is 4. The van der Waals surface area contributed by atoms with Gasteiger partial charge in [0, 0.05) is 29.8 Å². The minimum atomic E-state index is -3.68. The van der Waals surface area contributed by atoms with Crippen molar-refractivity contribution in [2.45, 2.75) is 55.1 Å². The van der Waals surface area contributed by atoms with Gasteiger partial charge in [-0.05, 0) is 108 Å². The minimum absolute atomic E-state index is 0.0493. The summed E-state index contributed by atoms with van der Waals surface area (Å²) < 4.78 is 55.2. The molecule has 8 rings (SSSR count). The van der Waals surface area contributed by atoms with E-state index < -0.39 is 50.4 Å². The molecule has 0 spiro atoms. The Hall–Kier alpha value is -5.96. The van der Waals surface area contributed by atoms with E-state index in [9.17, 15) is 27.6 Å². The number of ether oxygens (including phenoxy) is 4. The quantitative estimate of drug-likeness (QED) is 0.0421. The number of hydrogen-bond donors (Lipinski definition) is 2. The highest BCUT2D eigenvalue weighted by Crippen LogP contribution is 2.51. The summed E-state index contributed by atoms with van der Waals surface area (Å²) in [5.74, 6) is 3.01. The summed E-state index contributed by atoms with van der Waals surface area (Å²) >= 11 is 3.49. The van der Waals surface area contributed by atoms with Gasteiger partial charge < -0.3 is 24.3 Å². The van der Waals surface area contributed by atoms with Crippen molar-refractivity contribution < 1.29 is 36.3 Å². The number of H-pyrrole nitrogens is 1. The average molecular weight is 1010 g/mol. The molecule has 19 heteroatoms. The Morgan fingerprint density at radius 3 is 1.89 bits per heavy atom. The third-order valence-electron chi connectivity index (χ3n) is 12.6. The number of carbonyl (C=O) groups is 1. The largest absolute Gasteiger partial charge is 0.497 e. The molecule has 2 N–H and O–H groups in total. The Balaban J connectivity index is 1.05. The normalized spacial score (nSPS) is 20.3. The van der Waals surface area contributed by atoms with Gasteiger partial charge in [0.25, 0.3) is 21.6 Å². The number of rotatable bonds is 21. The average Bonchev–Trinajstić information content (AvgIpc) is 3.96. The molecule has 2 aromatic heterocycles. The Morgan fingerprint density at radius 1 is 0.743 bits per heavy atom. The van der Waals surface area contributed by atoms with Crippen LogP contribution in [0.2, 0.25) is 0 Å². The van der Waals surface area contributed by atoms with Crippen LogP contribution in [0.3, 0.4) is 0 Å². The first-order valence-electron chi connectivity index (χ1n) is 22.8. The lowest BCUT2D eigenvalue weighted by molar-refractivity contribution is -0.0142. The van der Waals surface area contributed by atoms with Crippen LogP contribution in [0.4, 0.5) is 5.82 Å². The van der Waals surface area contributed by atoms with Crippen LogP contribution in [0, 0.1) is 11.8 Å². The van der Waals surface area contributed by atoms with Crippen LogP contribution in [0.5, 0.6) is 11.5 Å². The topological polar surface area (TPSA) is 199 Å². The number of methoxy groups -OCH3 is 2. The van der Waals surface area contributed by atoms with Crippen molar-refractivity contribution in [3.8, 4) is 11.5 Å². The Labute approximate surface area is 414 Å². The molecule has 2 aliphatic rings. The van der Waals surface area contributed by atoms with Crippen LogP contribution in [0.25, 0.3) is 0 Å². The standard InChI is InChI=1S/C51H55N5O11S3/c1-63-40-18-14-38(15-19-40)51(37-12-8-5-9-13-37,39-16-20-41(64-2)21-17-39)69-33-36-31-47(55-26-22-44(53-49(55)59)52-48(58)34-10-6-4-7-11-34)67-43(36)25-29-68-32-35-30-46(56-27-23-45(57)54-50(56)60)66-42(35)24-28-65-70(3,61)62/h4-23,26-27,35-36,42-43,46-47H,24-25,28-33H2,1-3H3,(H,54,57,60)(H,52,53,58,59)/t35-,36-,42-,43-,46-,47-/m1/s1. The zero-order valence-electron chi connectivity index (χ0n) is 38.9. The van der Waals surface area contributed by atoms with Gasteiger partial charge in [0.1, 0.15) is 29.8 Å². The molecular weight excluding hydrogens is 955 g/mol. The fourth-order valence-corrected chi connectivity index (χ4v) is 12.4. The number of thioether (sulfide) groups is 2. The van der Waals surface area contributed by atoms with E-state index in [-0.39, 0.29) is 42.7 Å². The van der Waals surface area contributed by atoms with Gasteiger partial charge in [-0.3, -0.25) is 27.9 Å². The first-order chi connectivity index (χ1) is 33.8. The van der Waals surface area contributed by atoms with E-state index in [0.717, 1.165) is 34.4 Å². The monoisotopic (exact) mass is 1010 g/mol. The van der Waals surface area contributed by atoms with E-state index in [1.165, 1.54) is 21.4 Å². The van der Waals surface area contributed by atoms with Crippen LogP contribution in [-0.2, 0) is 28.5 Å². The molecule has 0 bridgehead atoms. The van der Waals surface area contributed by atoms with Crippen LogP contribution in [0.15, 0.2) is 148 Å². The molecule has 4 aromatic carbocycles. The van der Waals surface area contributed by atoms with E-state index >= 15 is 0 Å². The molecule has 16 nitrogen and oxygen atoms in total. The van der Waals surface area contributed by atoms with Crippen LogP contribution < -0.4 is 31.7 Å². The van der Waals surface area contributed by atoms with Crippen molar-refractivity contribution in [1.29, 1.82) is 0 Å². The summed E-state index contributed by atoms with van der Waals surface area (Å²) in [5.41, 5.74) is 1.93. The molecule has 0 saturated carbocycles. The van der Waals surface area contributed by atoms with Gasteiger partial charge in [0.15, 0.2) is 0 Å². The van der Waals surface area contributed by atoms with Crippen LogP contribution in [0.1, 0.15) is 65.2 Å². The van der Waals surface area contributed by atoms with E-state index in [1.54, 1.807) is 74.3 Å². The van der Waals surface area contributed by atoms with Gasteiger partial charge in [-0.25, -0.2) is 9.59 Å². The number of aromatic nitrogens is 4. The molecule has 6 aromatic rings. The highest BCUT2D eigenvalue weighted by atomic mass is 32.2. The fourth-order valence-electron chi connectivity index (χ4n) is 9.06. The highest BCUT2D eigenvalue weighted by molar-refractivity contribution is 8.00. The zero-order chi connectivity index (χ0) is 49.3. The van der Waals surface area contributed by atoms with E-state index in [1.807, 2.05) is 48.5 Å². The summed E-state index contributed by atoms with van der Waals surface area (Å²) in [5, 5.41) is 2.73. The van der Waals surface area contributed by atoms with Crippen LogP contribution >= 0.6 is 23.5 Å². The van der Waals surface area contributed by atoms with Gasteiger partial charge in [0.2, 0.25) is 0 Å².